The molecule has 4 nitrogen and oxygen atoms in total. The molecule has 0 amide bonds. The molecule has 22 heavy (non-hydrogen) atoms. The zero-order valence-corrected chi connectivity index (χ0v) is 12.6. The van der Waals surface area contributed by atoms with Gasteiger partial charge in [-0.05, 0) is 68.1 Å². The molecule has 3 rings (SSSR count). The van der Waals surface area contributed by atoms with Crippen LogP contribution in [0.15, 0.2) is 36.4 Å². The van der Waals surface area contributed by atoms with E-state index >= 15 is 0 Å². The summed E-state index contributed by atoms with van der Waals surface area (Å²) in [6.45, 7) is 2.79. The van der Waals surface area contributed by atoms with Gasteiger partial charge in [0, 0.05) is 18.7 Å². The molecule has 0 saturated carbocycles. The Labute approximate surface area is 130 Å². The number of benzene rings is 1. The lowest BCUT2D eigenvalue weighted by atomic mass is 9.94. The smallest absolute Gasteiger partial charge is 0.151 e. The van der Waals surface area contributed by atoms with Gasteiger partial charge >= 0.3 is 0 Å². The predicted molar refractivity (Wildman–Crippen MR) is 86.0 cm³/mol. The first-order valence-corrected chi connectivity index (χ1v) is 7.81. The summed E-state index contributed by atoms with van der Waals surface area (Å²) in [4.78, 5) is 2.27. The Kier molecular flexibility index (Phi) is 4.63. The quantitative estimate of drug-likeness (QED) is 0.943. The van der Waals surface area contributed by atoms with E-state index in [1.165, 1.54) is 25.0 Å². The van der Waals surface area contributed by atoms with Gasteiger partial charge in [0.2, 0.25) is 0 Å². The summed E-state index contributed by atoms with van der Waals surface area (Å²) in [5, 5.41) is 8.60. The minimum absolute atomic E-state index is 0.242. The molecule has 1 aromatic carbocycles. The minimum atomic E-state index is -0.242. The number of halogens is 1. The Morgan fingerprint density at radius 1 is 1.05 bits per heavy atom. The summed E-state index contributed by atoms with van der Waals surface area (Å²) in [6, 6.07) is 10.3. The fourth-order valence-electron chi connectivity index (χ4n) is 2.95. The van der Waals surface area contributed by atoms with E-state index in [4.69, 9.17) is 5.73 Å². The number of anilines is 1. The van der Waals surface area contributed by atoms with E-state index in [1.807, 2.05) is 12.1 Å². The predicted octanol–water partition coefficient (Wildman–Crippen LogP) is 2.85. The minimum Gasteiger partial charge on any atom is -0.355 e. The molecule has 1 aliphatic heterocycles. The van der Waals surface area contributed by atoms with Gasteiger partial charge in [0.1, 0.15) is 5.82 Å². The van der Waals surface area contributed by atoms with Crippen molar-refractivity contribution >= 4 is 5.82 Å². The molecular formula is C17H21FN4. The van der Waals surface area contributed by atoms with Crippen molar-refractivity contribution < 1.29 is 4.39 Å². The van der Waals surface area contributed by atoms with Gasteiger partial charge in [-0.15, -0.1) is 10.2 Å². The lowest BCUT2D eigenvalue weighted by Gasteiger charge is -2.32. The third-order valence-electron chi connectivity index (χ3n) is 4.30. The average molecular weight is 300 g/mol. The molecule has 2 aromatic rings. The van der Waals surface area contributed by atoms with Gasteiger partial charge in [0.25, 0.3) is 0 Å². The third-order valence-corrected chi connectivity index (χ3v) is 4.30. The first-order chi connectivity index (χ1) is 10.8. The summed E-state index contributed by atoms with van der Waals surface area (Å²) in [5.41, 5.74) is 7.27. The highest BCUT2D eigenvalue weighted by molar-refractivity contribution is 5.59. The Morgan fingerprint density at radius 2 is 1.77 bits per heavy atom. The fraction of sp³-hybridized carbons (Fsp3) is 0.412. The molecule has 5 heteroatoms. The van der Waals surface area contributed by atoms with Gasteiger partial charge in [0.05, 0.1) is 5.69 Å². The van der Waals surface area contributed by atoms with Gasteiger partial charge in [-0.2, -0.15) is 0 Å². The Hall–Kier alpha value is -2.01. The Morgan fingerprint density at radius 3 is 2.36 bits per heavy atom. The van der Waals surface area contributed by atoms with Crippen LogP contribution < -0.4 is 10.6 Å². The van der Waals surface area contributed by atoms with Crippen LogP contribution >= 0.6 is 0 Å². The second-order valence-electron chi connectivity index (χ2n) is 5.79. The van der Waals surface area contributed by atoms with Crippen LogP contribution in [-0.2, 0) is 0 Å². The zero-order chi connectivity index (χ0) is 15.4. The van der Waals surface area contributed by atoms with E-state index in [-0.39, 0.29) is 5.82 Å². The lowest BCUT2D eigenvalue weighted by Crippen LogP contribution is -2.34. The maximum absolute atomic E-state index is 12.9. The summed E-state index contributed by atoms with van der Waals surface area (Å²) in [7, 11) is 0. The van der Waals surface area contributed by atoms with Crippen molar-refractivity contribution in [2.24, 2.45) is 11.7 Å². The molecule has 1 saturated heterocycles. The van der Waals surface area contributed by atoms with Crippen LogP contribution in [0.3, 0.4) is 0 Å². The number of nitrogens with zero attached hydrogens (tertiary/aromatic N) is 3. The van der Waals surface area contributed by atoms with Crippen molar-refractivity contribution in [3.05, 3.63) is 42.2 Å². The summed E-state index contributed by atoms with van der Waals surface area (Å²) >= 11 is 0. The first kappa shape index (κ1) is 14.9. The number of aromatic nitrogens is 2. The topological polar surface area (TPSA) is 55.0 Å². The molecule has 1 aliphatic rings. The summed E-state index contributed by atoms with van der Waals surface area (Å²) < 4.78 is 12.9. The monoisotopic (exact) mass is 300 g/mol. The molecule has 1 aromatic heterocycles. The second kappa shape index (κ2) is 6.83. The number of rotatable bonds is 4. The van der Waals surface area contributed by atoms with Gasteiger partial charge in [-0.25, -0.2) is 4.39 Å². The molecule has 1 fully saturated rings. The maximum Gasteiger partial charge on any atom is 0.151 e. The van der Waals surface area contributed by atoms with Gasteiger partial charge < -0.3 is 10.6 Å². The molecule has 0 unspecified atom stereocenters. The lowest BCUT2D eigenvalue weighted by molar-refractivity contribution is 0.384. The van der Waals surface area contributed by atoms with Gasteiger partial charge in [0.15, 0.2) is 5.82 Å². The van der Waals surface area contributed by atoms with E-state index in [9.17, 15) is 4.39 Å². The molecule has 0 atom stereocenters. The highest BCUT2D eigenvalue weighted by atomic mass is 19.1. The second-order valence-corrected chi connectivity index (χ2v) is 5.79. The van der Waals surface area contributed by atoms with Crippen LogP contribution in [0.1, 0.15) is 19.3 Å². The Bertz CT molecular complexity index is 589. The number of hydrogen-bond acceptors (Lipinski definition) is 4. The highest BCUT2D eigenvalue weighted by Gasteiger charge is 2.19. The van der Waals surface area contributed by atoms with E-state index in [0.717, 1.165) is 49.0 Å². The van der Waals surface area contributed by atoms with Crippen molar-refractivity contribution in [3.8, 4) is 11.3 Å². The van der Waals surface area contributed by atoms with Gasteiger partial charge in [-0.3, -0.25) is 0 Å². The van der Waals surface area contributed by atoms with Crippen LogP contribution in [-0.4, -0.2) is 29.8 Å². The van der Waals surface area contributed by atoms with Crippen LogP contribution in [0.4, 0.5) is 10.2 Å². The molecule has 0 aliphatic carbocycles. The van der Waals surface area contributed by atoms with Crippen LogP contribution in [0.25, 0.3) is 11.3 Å². The van der Waals surface area contributed by atoms with E-state index < -0.39 is 0 Å². The van der Waals surface area contributed by atoms with Gasteiger partial charge in [-0.1, -0.05) is 0 Å². The van der Waals surface area contributed by atoms with Crippen LogP contribution in [0, 0.1) is 11.7 Å². The SMILES string of the molecule is NCCC1CCN(c2ccc(-c3ccc(F)cc3)nn2)CC1. The molecule has 2 heterocycles. The highest BCUT2D eigenvalue weighted by Crippen LogP contribution is 2.24. The maximum atomic E-state index is 12.9. The molecule has 0 spiro atoms. The normalized spacial score (nSPS) is 16.0. The van der Waals surface area contributed by atoms with Crippen molar-refractivity contribution in [3.63, 3.8) is 0 Å². The van der Waals surface area contributed by atoms with Crippen molar-refractivity contribution in [1.82, 2.24) is 10.2 Å². The number of nitrogens with two attached hydrogens (primary N) is 1. The van der Waals surface area contributed by atoms with E-state index in [1.54, 1.807) is 12.1 Å². The van der Waals surface area contributed by atoms with Crippen molar-refractivity contribution in [2.45, 2.75) is 19.3 Å². The fourth-order valence-corrected chi connectivity index (χ4v) is 2.95. The molecule has 0 radical (unpaired) electrons. The molecular weight excluding hydrogens is 279 g/mol. The average Bonchev–Trinajstić information content (AvgIpc) is 2.57. The van der Waals surface area contributed by atoms with Crippen molar-refractivity contribution in [2.75, 3.05) is 24.5 Å². The van der Waals surface area contributed by atoms with E-state index in [0.29, 0.717) is 0 Å². The first-order valence-electron chi connectivity index (χ1n) is 7.81. The summed E-state index contributed by atoms with van der Waals surface area (Å²) in [6.07, 6.45) is 3.44. The van der Waals surface area contributed by atoms with Crippen molar-refractivity contribution in [1.29, 1.82) is 0 Å². The van der Waals surface area contributed by atoms with Crippen LogP contribution in [0.5, 0.6) is 0 Å². The Balaban J connectivity index is 1.66. The van der Waals surface area contributed by atoms with E-state index in [2.05, 4.69) is 15.1 Å². The number of hydrogen-bond donors (Lipinski definition) is 1. The van der Waals surface area contributed by atoms with Crippen LogP contribution in [0.2, 0.25) is 0 Å². The zero-order valence-electron chi connectivity index (χ0n) is 12.6. The molecule has 0 bridgehead atoms. The molecule has 116 valence electrons. The standard InChI is InChI=1S/C17H21FN4/c18-15-3-1-14(2-4-15)16-5-6-17(21-20-16)22-11-8-13(7-10-19)9-12-22/h1-6,13H,7-12,19H2. The number of piperidine rings is 1. The third kappa shape index (κ3) is 3.42. The summed E-state index contributed by atoms with van der Waals surface area (Å²) in [5.74, 6) is 1.42. The molecule has 2 N–H and O–H groups in total. The largest absolute Gasteiger partial charge is 0.355 e.